The van der Waals surface area contributed by atoms with Gasteiger partial charge in [0.15, 0.2) is 24.3 Å². The summed E-state index contributed by atoms with van der Waals surface area (Å²) in [4.78, 5) is 22.5. The maximum atomic E-state index is 11.3. The summed E-state index contributed by atoms with van der Waals surface area (Å²) >= 11 is 1.04. The van der Waals surface area contributed by atoms with Gasteiger partial charge in [0.05, 0.1) is 5.25 Å². The van der Waals surface area contributed by atoms with Crippen molar-refractivity contribution in [2.45, 2.75) is 56.4 Å². The van der Waals surface area contributed by atoms with Crippen LogP contribution >= 0.6 is 11.8 Å². The fourth-order valence-electron chi connectivity index (χ4n) is 2.63. The van der Waals surface area contributed by atoms with Crippen LogP contribution in [0.15, 0.2) is 0 Å². The number of carbonyl (C=O) groups is 2. The molecule has 5 atom stereocenters. The fraction of sp³-hybridized carbons (Fsp3) is 0.833. The second-order valence-electron chi connectivity index (χ2n) is 5.36. The molecule has 0 saturated carbocycles. The Bertz CT molecular complexity index is 438. The maximum Gasteiger partial charge on any atom is 0.367 e. The fourth-order valence-corrected chi connectivity index (χ4v) is 3.51. The van der Waals surface area contributed by atoms with E-state index in [4.69, 9.17) is 23.7 Å². The molecule has 3 heterocycles. The summed E-state index contributed by atoms with van der Waals surface area (Å²) < 4.78 is 27.4. The number of carbonyl (C=O) groups excluding carboxylic acids is 2. The molecule has 0 unspecified atom stereocenters. The van der Waals surface area contributed by atoms with E-state index in [-0.39, 0.29) is 17.2 Å². The van der Waals surface area contributed by atoms with E-state index in [0.717, 1.165) is 11.8 Å². The molecule has 8 heteroatoms. The third kappa shape index (κ3) is 2.52. The van der Waals surface area contributed by atoms with E-state index < -0.39 is 36.4 Å². The van der Waals surface area contributed by atoms with E-state index in [0.29, 0.717) is 0 Å². The van der Waals surface area contributed by atoms with Crippen molar-refractivity contribution < 1.29 is 33.3 Å². The van der Waals surface area contributed by atoms with Gasteiger partial charge in [0.2, 0.25) is 0 Å². The first-order valence-electron chi connectivity index (χ1n) is 6.37. The minimum Gasteiger partial charge on any atom is -0.457 e. The molecule has 3 rings (SSSR count). The predicted molar refractivity (Wildman–Crippen MR) is 67.0 cm³/mol. The van der Waals surface area contributed by atoms with Crippen LogP contribution < -0.4 is 0 Å². The SMILES string of the molecule is CC(=O)O[C@@H]1[C@H]2OC(C)(C)O[C@H]2O[C@@H]1[C@H]1COC(=O)S1. The summed E-state index contributed by atoms with van der Waals surface area (Å²) in [6.07, 6.45) is -2.18. The molecule has 3 aliphatic heterocycles. The van der Waals surface area contributed by atoms with Crippen molar-refractivity contribution in [2.75, 3.05) is 6.61 Å². The van der Waals surface area contributed by atoms with Crippen LogP contribution in [0.25, 0.3) is 0 Å². The first-order chi connectivity index (χ1) is 9.35. The van der Waals surface area contributed by atoms with Gasteiger partial charge in [-0.3, -0.25) is 4.79 Å². The van der Waals surface area contributed by atoms with Gasteiger partial charge in [-0.1, -0.05) is 0 Å². The number of fused-ring (bicyclic) bond motifs is 1. The van der Waals surface area contributed by atoms with Gasteiger partial charge in [0, 0.05) is 6.92 Å². The zero-order chi connectivity index (χ0) is 14.5. The normalized spacial score (nSPS) is 42.4. The van der Waals surface area contributed by atoms with Crippen LogP contribution in [0.2, 0.25) is 0 Å². The van der Waals surface area contributed by atoms with Crippen molar-refractivity contribution in [1.29, 1.82) is 0 Å². The van der Waals surface area contributed by atoms with Crippen LogP contribution in [0.1, 0.15) is 20.8 Å². The van der Waals surface area contributed by atoms with Gasteiger partial charge in [-0.05, 0) is 25.6 Å². The lowest BCUT2D eigenvalue weighted by Crippen LogP contribution is -2.42. The summed E-state index contributed by atoms with van der Waals surface area (Å²) in [5, 5.41) is -0.577. The van der Waals surface area contributed by atoms with E-state index in [1.807, 2.05) is 0 Å². The lowest BCUT2D eigenvalue weighted by molar-refractivity contribution is -0.218. The van der Waals surface area contributed by atoms with Crippen molar-refractivity contribution in [3.63, 3.8) is 0 Å². The van der Waals surface area contributed by atoms with E-state index in [9.17, 15) is 9.59 Å². The van der Waals surface area contributed by atoms with E-state index in [1.54, 1.807) is 13.8 Å². The molecule has 0 amide bonds. The monoisotopic (exact) mass is 304 g/mol. The van der Waals surface area contributed by atoms with Crippen molar-refractivity contribution in [3.05, 3.63) is 0 Å². The molecule has 112 valence electrons. The Hall–Kier alpha value is -0.830. The largest absolute Gasteiger partial charge is 0.457 e. The van der Waals surface area contributed by atoms with Gasteiger partial charge in [0.25, 0.3) is 0 Å². The van der Waals surface area contributed by atoms with Gasteiger partial charge >= 0.3 is 11.3 Å². The van der Waals surface area contributed by atoms with Gasteiger partial charge in [0.1, 0.15) is 12.7 Å². The number of esters is 1. The average molecular weight is 304 g/mol. The van der Waals surface area contributed by atoms with Crippen molar-refractivity contribution in [1.82, 2.24) is 0 Å². The van der Waals surface area contributed by atoms with E-state index in [2.05, 4.69) is 0 Å². The molecule has 0 aliphatic carbocycles. The summed E-state index contributed by atoms with van der Waals surface area (Å²) in [5.74, 6) is -1.21. The molecule has 0 radical (unpaired) electrons. The first-order valence-corrected chi connectivity index (χ1v) is 7.25. The molecule has 3 fully saturated rings. The van der Waals surface area contributed by atoms with Crippen LogP contribution in [0.3, 0.4) is 0 Å². The Morgan fingerprint density at radius 2 is 2.10 bits per heavy atom. The molecule has 0 N–H and O–H groups in total. The number of thioether (sulfide) groups is 1. The topological polar surface area (TPSA) is 80.3 Å². The standard InChI is InChI=1S/C12H16O7S/c1-5(13)16-8-7(6-4-15-11(14)20-6)17-10-9(8)18-12(2,3)19-10/h6-10H,4H2,1-3H3/t6-,7-,8+,9-,10-/m1/s1. The number of hydrogen-bond acceptors (Lipinski definition) is 8. The second kappa shape index (κ2) is 4.87. The molecule has 3 saturated heterocycles. The molecule has 0 bridgehead atoms. The van der Waals surface area contributed by atoms with E-state index in [1.165, 1.54) is 6.92 Å². The van der Waals surface area contributed by atoms with Crippen LogP contribution in [0, 0.1) is 0 Å². The van der Waals surface area contributed by atoms with Crippen LogP contribution in [-0.4, -0.2) is 53.5 Å². The Labute approximate surface area is 120 Å². The van der Waals surface area contributed by atoms with Crippen molar-refractivity contribution >= 4 is 23.0 Å². The van der Waals surface area contributed by atoms with Crippen LogP contribution in [-0.2, 0) is 28.5 Å². The summed E-state index contributed by atoms with van der Waals surface area (Å²) in [5.41, 5.74) is 0. The lowest BCUT2D eigenvalue weighted by Gasteiger charge is -2.27. The minimum absolute atomic E-state index is 0.229. The molecule has 0 aromatic carbocycles. The van der Waals surface area contributed by atoms with Gasteiger partial charge in [-0.2, -0.15) is 0 Å². The number of hydrogen-bond donors (Lipinski definition) is 0. The van der Waals surface area contributed by atoms with Gasteiger partial charge < -0.3 is 23.7 Å². The minimum atomic E-state index is -0.784. The Kier molecular flexibility index (Phi) is 3.44. The first kappa shape index (κ1) is 14.1. The third-order valence-electron chi connectivity index (χ3n) is 3.31. The number of rotatable bonds is 2. The highest BCUT2D eigenvalue weighted by Crippen LogP contribution is 2.42. The zero-order valence-corrected chi connectivity index (χ0v) is 12.2. The molecular formula is C12H16O7S. The average Bonchev–Trinajstić information content (AvgIpc) is 2.93. The van der Waals surface area contributed by atoms with Crippen molar-refractivity contribution in [2.24, 2.45) is 0 Å². The summed E-state index contributed by atoms with van der Waals surface area (Å²) in [6, 6.07) is 0. The van der Waals surface area contributed by atoms with Crippen molar-refractivity contribution in [3.8, 4) is 0 Å². The predicted octanol–water partition coefficient (Wildman–Crippen LogP) is 1.05. The smallest absolute Gasteiger partial charge is 0.367 e. The van der Waals surface area contributed by atoms with Crippen LogP contribution in [0.5, 0.6) is 0 Å². The highest BCUT2D eigenvalue weighted by atomic mass is 32.2. The second-order valence-corrected chi connectivity index (χ2v) is 6.54. The zero-order valence-electron chi connectivity index (χ0n) is 11.4. The molecule has 3 aliphatic rings. The molecule has 0 spiro atoms. The van der Waals surface area contributed by atoms with Gasteiger partial charge in [-0.15, -0.1) is 0 Å². The lowest BCUT2D eigenvalue weighted by atomic mass is 10.1. The third-order valence-corrected chi connectivity index (χ3v) is 4.33. The number of ether oxygens (including phenoxy) is 5. The molecular weight excluding hydrogens is 288 g/mol. The Balaban J connectivity index is 1.78. The number of cyclic esters (lactones) is 1. The van der Waals surface area contributed by atoms with Crippen LogP contribution in [0.4, 0.5) is 4.79 Å². The van der Waals surface area contributed by atoms with Gasteiger partial charge in [-0.25, -0.2) is 4.79 Å². The molecule has 0 aromatic rings. The molecule has 0 aromatic heterocycles. The molecule has 20 heavy (non-hydrogen) atoms. The highest BCUT2D eigenvalue weighted by molar-refractivity contribution is 8.14. The Morgan fingerprint density at radius 3 is 2.70 bits per heavy atom. The quantitative estimate of drug-likeness (QED) is 0.700. The highest BCUT2D eigenvalue weighted by Gasteiger charge is 2.59. The Morgan fingerprint density at radius 1 is 1.35 bits per heavy atom. The maximum absolute atomic E-state index is 11.3. The summed E-state index contributed by atoms with van der Waals surface area (Å²) in [6.45, 7) is 5.10. The van der Waals surface area contributed by atoms with E-state index >= 15 is 0 Å². The molecule has 7 nitrogen and oxygen atoms in total. The summed E-state index contributed by atoms with van der Waals surface area (Å²) in [7, 11) is 0.